The van der Waals surface area contributed by atoms with E-state index in [-0.39, 0.29) is 6.15 Å². The molecule has 0 amide bonds. The van der Waals surface area contributed by atoms with E-state index in [4.69, 9.17) is 4.74 Å². The second kappa shape index (κ2) is 1.44. The number of hydrogen-bond donors (Lipinski definition) is 1. The Bertz CT molecular complexity index is 276. The quantitative estimate of drug-likeness (QED) is 0.589. The van der Waals surface area contributed by atoms with Crippen LogP contribution < -0.4 is 15.8 Å². The summed E-state index contributed by atoms with van der Waals surface area (Å²) in [4.78, 5) is 2.16. The maximum atomic E-state index is 5.30. The predicted octanol–water partition coefficient (Wildman–Crippen LogP) is 1.65. The summed E-state index contributed by atoms with van der Waals surface area (Å²) in [5, 5.41) is 0. The van der Waals surface area contributed by atoms with Crippen molar-refractivity contribution < 1.29 is 4.74 Å². The Hall–Kier alpha value is -1.22. The van der Waals surface area contributed by atoms with E-state index < -0.39 is 0 Å². The van der Waals surface area contributed by atoms with Gasteiger partial charge in [0.1, 0.15) is 5.75 Å². The Kier molecular flexibility index (Phi) is 0.798. The van der Waals surface area contributed by atoms with Gasteiger partial charge in [-0.1, -0.05) is 0 Å². The van der Waals surface area contributed by atoms with Crippen LogP contribution in [0, 0.1) is 0 Å². The maximum Gasteiger partial charge on any atom is 0.165 e. The average Bonchev–Trinajstić information content (AvgIpc) is 2.06. The molecule has 10 heavy (non-hydrogen) atoms. The topological polar surface area (TPSA) is 47.5 Å². The van der Waals surface area contributed by atoms with Gasteiger partial charge in [0.15, 0.2) is 6.73 Å². The summed E-state index contributed by atoms with van der Waals surface area (Å²) in [6.07, 6.45) is 0. The zero-order chi connectivity index (χ0) is 5.84. The summed E-state index contributed by atoms with van der Waals surface area (Å²) >= 11 is 0. The number of benzene rings is 1. The van der Waals surface area contributed by atoms with Gasteiger partial charge in [0.25, 0.3) is 0 Å². The Morgan fingerprint density at radius 1 is 1.40 bits per heavy atom. The molecule has 0 aliphatic carbocycles. The van der Waals surface area contributed by atoms with Gasteiger partial charge in [0, 0.05) is 5.69 Å². The number of rotatable bonds is 0. The molecule has 0 saturated carbocycles. The molecule has 0 saturated heterocycles. The molecule has 3 heterocycles. The van der Waals surface area contributed by atoms with Crippen molar-refractivity contribution >= 4 is 11.4 Å². The number of fused-ring (bicyclic) bond motifs is 1. The molecule has 1 aromatic carbocycles. The molecule has 3 nitrogen and oxygen atoms in total. The second-order valence-electron chi connectivity index (χ2n) is 2.35. The zero-order valence-corrected chi connectivity index (χ0v) is 5.50. The minimum absolute atomic E-state index is 0. The van der Waals surface area contributed by atoms with Crippen molar-refractivity contribution in [1.29, 1.82) is 0 Å². The van der Waals surface area contributed by atoms with Crippen LogP contribution in [0.25, 0.3) is 0 Å². The molecular weight excluding hydrogens is 128 g/mol. The van der Waals surface area contributed by atoms with Crippen molar-refractivity contribution in [2.45, 2.75) is 0 Å². The fraction of sp³-hybridized carbons (Fsp3) is 0.143. The van der Waals surface area contributed by atoms with Crippen LogP contribution in [0.2, 0.25) is 0 Å². The van der Waals surface area contributed by atoms with Crippen molar-refractivity contribution in [2.75, 3.05) is 11.6 Å². The SMILES string of the molecule is N.c1cc2c3cc1N3CO2. The first-order chi connectivity index (χ1) is 4.45. The third kappa shape index (κ3) is 0.369. The minimum atomic E-state index is 0. The number of ether oxygens (including phenoxy) is 1. The van der Waals surface area contributed by atoms with Crippen LogP contribution in [-0.2, 0) is 0 Å². The van der Waals surface area contributed by atoms with Crippen molar-refractivity contribution in [2.24, 2.45) is 0 Å². The molecular formula is C7H8N2O. The summed E-state index contributed by atoms with van der Waals surface area (Å²) < 4.78 is 5.30. The van der Waals surface area contributed by atoms with Gasteiger partial charge in [-0.15, -0.1) is 0 Å². The zero-order valence-electron chi connectivity index (χ0n) is 5.50. The highest BCUT2D eigenvalue weighted by molar-refractivity contribution is 5.84. The van der Waals surface area contributed by atoms with Gasteiger partial charge < -0.3 is 15.8 Å². The van der Waals surface area contributed by atoms with Crippen molar-refractivity contribution in [1.82, 2.24) is 6.15 Å². The Labute approximate surface area is 58.8 Å². The Morgan fingerprint density at radius 3 is 2.90 bits per heavy atom. The molecule has 0 radical (unpaired) electrons. The summed E-state index contributed by atoms with van der Waals surface area (Å²) in [6, 6.07) is 6.24. The normalized spacial score (nSPS) is 15.4. The van der Waals surface area contributed by atoms with Gasteiger partial charge in [-0.05, 0) is 18.2 Å². The molecule has 1 aromatic rings. The summed E-state index contributed by atoms with van der Waals surface area (Å²) in [5.41, 5.74) is 2.54. The second-order valence-corrected chi connectivity index (χ2v) is 2.35. The highest BCUT2D eigenvalue weighted by Crippen LogP contribution is 2.48. The lowest BCUT2D eigenvalue weighted by atomic mass is 10.1. The van der Waals surface area contributed by atoms with Gasteiger partial charge >= 0.3 is 0 Å². The van der Waals surface area contributed by atoms with E-state index in [1.165, 1.54) is 11.4 Å². The highest BCUT2D eigenvalue weighted by atomic mass is 16.5. The summed E-state index contributed by atoms with van der Waals surface area (Å²) in [6.45, 7) is 0.726. The van der Waals surface area contributed by atoms with Gasteiger partial charge in [-0.25, -0.2) is 0 Å². The molecule has 52 valence electrons. The average molecular weight is 136 g/mol. The Morgan fingerprint density at radius 2 is 2.30 bits per heavy atom. The van der Waals surface area contributed by atoms with Crippen LogP contribution >= 0.6 is 0 Å². The van der Waals surface area contributed by atoms with E-state index in [0.29, 0.717) is 0 Å². The van der Waals surface area contributed by atoms with Crippen LogP contribution in [0.3, 0.4) is 0 Å². The molecule has 0 unspecified atom stereocenters. The molecule has 4 rings (SSSR count). The smallest absolute Gasteiger partial charge is 0.165 e. The van der Waals surface area contributed by atoms with Crippen LogP contribution in [0.15, 0.2) is 18.2 Å². The van der Waals surface area contributed by atoms with Gasteiger partial charge in [-0.3, -0.25) is 0 Å². The molecule has 0 aromatic heterocycles. The predicted molar refractivity (Wildman–Crippen MR) is 39.1 cm³/mol. The van der Waals surface area contributed by atoms with E-state index >= 15 is 0 Å². The summed E-state index contributed by atoms with van der Waals surface area (Å²) in [5.74, 6) is 1.03. The number of hydrogen-bond acceptors (Lipinski definition) is 3. The molecule has 4 bridgehead atoms. The van der Waals surface area contributed by atoms with E-state index in [0.717, 1.165) is 12.5 Å². The largest absolute Gasteiger partial charge is 0.471 e. The van der Waals surface area contributed by atoms with Crippen molar-refractivity contribution in [3.05, 3.63) is 18.2 Å². The van der Waals surface area contributed by atoms with Crippen LogP contribution in [-0.4, -0.2) is 6.73 Å². The molecule has 3 N–H and O–H groups in total. The fourth-order valence-corrected chi connectivity index (χ4v) is 1.36. The third-order valence-corrected chi connectivity index (χ3v) is 1.89. The number of anilines is 2. The lowest BCUT2D eigenvalue weighted by Gasteiger charge is -2.24. The van der Waals surface area contributed by atoms with E-state index in [2.05, 4.69) is 17.0 Å². The van der Waals surface area contributed by atoms with Crippen LogP contribution in [0.5, 0.6) is 5.75 Å². The highest BCUT2D eigenvalue weighted by Gasteiger charge is 2.29. The standard InChI is InChI=1S/C7H5NO.H3N/c1-2-7-6-3-5(1)8(6)4-9-7;/h1-3H,4H2;1H3. The maximum absolute atomic E-state index is 5.30. The Balaban J connectivity index is 0.000000403. The van der Waals surface area contributed by atoms with Gasteiger partial charge in [0.2, 0.25) is 0 Å². The first-order valence-corrected chi connectivity index (χ1v) is 2.99. The molecule has 0 fully saturated rings. The first kappa shape index (κ1) is 5.56. The van der Waals surface area contributed by atoms with Crippen molar-refractivity contribution in [3.63, 3.8) is 0 Å². The monoisotopic (exact) mass is 136 g/mol. The molecule has 0 spiro atoms. The van der Waals surface area contributed by atoms with Gasteiger partial charge in [-0.2, -0.15) is 0 Å². The van der Waals surface area contributed by atoms with E-state index in [9.17, 15) is 0 Å². The third-order valence-electron chi connectivity index (χ3n) is 1.89. The molecule has 0 atom stereocenters. The lowest BCUT2D eigenvalue weighted by Crippen LogP contribution is -2.19. The first-order valence-electron chi connectivity index (χ1n) is 2.99. The van der Waals surface area contributed by atoms with E-state index in [1.54, 1.807) is 0 Å². The van der Waals surface area contributed by atoms with Gasteiger partial charge in [0.05, 0.1) is 5.69 Å². The molecule has 3 heteroatoms. The number of nitrogens with zero attached hydrogens (tertiary/aromatic N) is 1. The van der Waals surface area contributed by atoms with Crippen LogP contribution in [0.4, 0.5) is 11.4 Å². The lowest BCUT2D eigenvalue weighted by molar-refractivity contribution is 0.360. The van der Waals surface area contributed by atoms with Crippen LogP contribution in [0.1, 0.15) is 0 Å². The molecule has 3 aliphatic heterocycles. The van der Waals surface area contributed by atoms with E-state index in [1.807, 2.05) is 6.07 Å². The summed E-state index contributed by atoms with van der Waals surface area (Å²) in [7, 11) is 0. The fourth-order valence-electron chi connectivity index (χ4n) is 1.36. The van der Waals surface area contributed by atoms with Crippen molar-refractivity contribution in [3.8, 4) is 5.75 Å². The molecule has 3 aliphatic rings. The minimum Gasteiger partial charge on any atom is -0.471 e.